The van der Waals surface area contributed by atoms with Crippen molar-refractivity contribution >= 4 is 0 Å². The average Bonchev–Trinajstić information content (AvgIpc) is 2.70. The quantitative estimate of drug-likeness (QED) is 0.767. The van der Waals surface area contributed by atoms with Crippen LogP contribution in [0.1, 0.15) is 25.3 Å². The molecule has 1 saturated heterocycles. The molecule has 1 aromatic carbocycles. The summed E-state index contributed by atoms with van der Waals surface area (Å²) in [6, 6.07) is 2.12. The van der Waals surface area contributed by atoms with Gasteiger partial charge in [0.2, 0.25) is 5.82 Å². The Balaban J connectivity index is 2.44. The van der Waals surface area contributed by atoms with Gasteiger partial charge < -0.3 is 9.47 Å². The fourth-order valence-electron chi connectivity index (χ4n) is 2.67. The number of rotatable bonds is 2. The molecule has 0 amide bonds. The molecule has 7 heteroatoms. The zero-order valence-electron chi connectivity index (χ0n) is 11.7. The minimum absolute atomic E-state index is 0.178. The number of ether oxygens (including phenoxy) is 2. The van der Waals surface area contributed by atoms with Crippen LogP contribution in [0.4, 0.5) is 22.0 Å². The first kappa shape index (κ1) is 16.0. The van der Waals surface area contributed by atoms with E-state index in [1.807, 2.05) is 0 Å². The topological polar surface area (TPSA) is 18.5 Å². The van der Waals surface area contributed by atoms with Gasteiger partial charge in [-0.15, -0.1) is 0 Å². The standard InChI is InChI=1S/C14H15F5O2/c1-7-9(6-21-13(7,2)14(17,18)19)8-4-5-10(15)11(16)12(8)20-3/h4-5,7,9H,6H2,1-3H3. The Morgan fingerprint density at radius 3 is 2.38 bits per heavy atom. The van der Waals surface area contributed by atoms with Gasteiger partial charge in [0.25, 0.3) is 0 Å². The smallest absolute Gasteiger partial charge is 0.417 e. The highest BCUT2D eigenvalue weighted by molar-refractivity contribution is 5.40. The summed E-state index contributed by atoms with van der Waals surface area (Å²) in [4.78, 5) is 0. The molecule has 0 bridgehead atoms. The highest BCUT2D eigenvalue weighted by atomic mass is 19.4. The number of benzene rings is 1. The van der Waals surface area contributed by atoms with Crippen LogP contribution in [-0.2, 0) is 4.74 Å². The maximum atomic E-state index is 13.7. The first-order valence-corrected chi connectivity index (χ1v) is 6.36. The minimum atomic E-state index is -4.55. The number of halogens is 5. The van der Waals surface area contributed by atoms with Gasteiger partial charge in [0.1, 0.15) is 0 Å². The number of alkyl halides is 3. The van der Waals surface area contributed by atoms with Crippen LogP contribution in [0.25, 0.3) is 0 Å². The van der Waals surface area contributed by atoms with Crippen molar-refractivity contribution in [3.05, 3.63) is 29.3 Å². The van der Waals surface area contributed by atoms with E-state index >= 15 is 0 Å². The van der Waals surface area contributed by atoms with E-state index in [1.165, 1.54) is 13.0 Å². The largest absolute Gasteiger partial charge is 0.493 e. The Morgan fingerprint density at radius 1 is 1.29 bits per heavy atom. The molecule has 1 heterocycles. The van der Waals surface area contributed by atoms with Crippen LogP contribution >= 0.6 is 0 Å². The van der Waals surface area contributed by atoms with Gasteiger partial charge in [-0.05, 0) is 13.0 Å². The van der Waals surface area contributed by atoms with Crippen molar-refractivity contribution in [2.75, 3.05) is 13.7 Å². The Hall–Kier alpha value is -1.37. The van der Waals surface area contributed by atoms with Crippen LogP contribution in [0.3, 0.4) is 0 Å². The van der Waals surface area contributed by atoms with Crippen molar-refractivity contribution in [3.63, 3.8) is 0 Å². The summed E-state index contributed by atoms with van der Waals surface area (Å²) in [6.07, 6.45) is -4.55. The summed E-state index contributed by atoms with van der Waals surface area (Å²) < 4.78 is 76.0. The summed E-state index contributed by atoms with van der Waals surface area (Å²) in [7, 11) is 1.14. The molecule has 21 heavy (non-hydrogen) atoms. The second-order valence-electron chi connectivity index (χ2n) is 5.29. The van der Waals surface area contributed by atoms with Crippen molar-refractivity contribution in [1.29, 1.82) is 0 Å². The maximum absolute atomic E-state index is 13.7. The lowest BCUT2D eigenvalue weighted by atomic mass is 9.79. The number of methoxy groups -OCH3 is 1. The molecule has 1 fully saturated rings. The molecule has 0 N–H and O–H groups in total. The van der Waals surface area contributed by atoms with Crippen molar-refractivity contribution in [3.8, 4) is 5.75 Å². The Labute approximate surface area is 118 Å². The SMILES string of the molecule is COc1c(C2COC(C)(C(F)(F)F)C2C)ccc(F)c1F. The lowest BCUT2D eigenvalue weighted by molar-refractivity contribution is -0.266. The van der Waals surface area contributed by atoms with Gasteiger partial charge in [0, 0.05) is 17.4 Å². The second-order valence-corrected chi connectivity index (χ2v) is 5.29. The Kier molecular flexibility index (Phi) is 3.90. The van der Waals surface area contributed by atoms with Gasteiger partial charge in [-0.25, -0.2) is 4.39 Å². The van der Waals surface area contributed by atoms with Crippen LogP contribution in [0.2, 0.25) is 0 Å². The van der Waals surface area contributed by atoms with Crippen molar-refractivity contribution < 1.29 is 31.4 Å². The minimum Gasteiger partial charge on any atom is -0.493 e. The zero-order chi connectivity index (χ0) is 16.0. The first-order valence-electron chi connectivity index (χ1n) is 6.36. The van der Waals surface area contributed by atoms with E-state index in [-0.39, 0.29) is 17.9 Å². The Bertz CT molecular complexity index is 543. The van der Waals surface area contributed by atoms with E-state index < -0.39 is 35.2 Å². The molecule has 0 aromatic heterocycles. The molecular weight excluding hydrogens is 295 g/mol. The summed E-state index contributed by atoms with van der Waals surface area (Å²) in [6.45, 7) is 2.11. The summed E-state index contributed by atoms with van der Waals surface area (Å²) in [5.41, 5.74) is -2.15. The molecule has 0 aliphatic carbocycles. The van der Waals surface area contributed by atoms with Crippen LogP contribution in [0.15, 0.2) is 12.1 Å². The predicted molar refractivity (Wildman–Crippen MR) is 65.2 cm³/mol. The van der Waals surface area contributed by atoms with Crippen LogP contribution < -0.4 is 4.74 Å². The highest BCUT2D eigenvalue weighted by Gasteiger charge is 2.61. The van der Waals surface area contributed by atoms with Crippen LogP contribution in [0, 0.1) is 17.6 Å². The predicted octanol–water partition coefficient (Wildman–Crippen LogP) is 4.04. The zero-order valence-corrected chi connectivity index (χ0v) is 11.7. The molecule has 0 spiro atoms. The van der Waals surface area contributed by atoms with Gasteiger partial charge in [-0.3, -0.25) is 0 Å². The number of hydrogen-bond acceptors (Lipinski definition) is 2. The monoisotopic (exact) mass is 310 g/mol. The molecule has 2 nitrogen and oxygen atoms in total. The molecule has 0 saturated carbocycles. The van der Waals surface area contributed by atoms with Gasteiger partial charge in [0.05, 0.1) is 13.7 Å². The second kappa shape index (κ2) is 5.12. The fourth-order valence-corrected chi connectivity index (χ4v) is 2.67. The van der Waals surface area contributed by atoms with E-state index in [0.29, 0.717) is 0 Å². The molecular formula is C14H15F5O2. The Morgan fingerprint density at radius 2 is 1.90 bits per heavy atom. The molecule has 1 aliphatic rings. The normalized spacial score (nSPS) is 29.7. The van der Waals surface area contributed by atoms with Crippen molar-refractivity contribution in [2.45, 2.75) is 31.5 Å². The van der Waals surface area contributed by atoms with Gasteiger partial charge >= 0.3 is 6.18 Å². The van der Waals surface area contributed by atoms with Crippen molar-refractivity contribution in [2.24, 2.45) is 5.92 Å². The average molecular weight is 310 g/mol. The van der Waals surface area contributed by atoms with E-state index in [1.54, 1.807) is 0 Å². The third kappa shape index (κ3) is 2.37. The van der Waals surface area contributed by atoms with Crippen LogP contribution in [-0.4, -0.2) is 25.5 Å². The van der Waals surface area contributed by atoms with Gasteiger partial charge in [0.15, 0.2) is 17.2 Å². The van der Waals surface area contributed by atoms with E-state index in [2.05, 4.69) is 0 Å². The van der Waals surface area contributed by atoms with Crippen LogP contribution in [0.5, 0.6) is 5.75 Å². The lowest BCUT2D eigenvalue weighted by Crippen LogP contribution is -2.46. The lowest BCUT2D eigenvalue weighted by Gasteiger charge is -2.32. The molecule has 1 aromatic rings. The third-order valence-corrected chi connectivity index (χ3v) is 4.28. The summed E-state index contributed by atoms with van der Waals surface area (Å²) >= 11 is 0. The van der Waals surface area contributed by atoms with Crippen molar-refractivity contribution in [1.82, 2.24) is 0 Å². The highest BCUT2D eigenvalue weighted by Crippen LogP contribution is 2.51. The van der Waals surface area contributed by atoms with E-state index in [0.717, 1.165) is 20.1 Å². The van der Waals surface area contributed by atoms with Gasteiger partial charge in [-0.2, -0.15) is 17.6 Å². The summed E-state index contributed by atoms with van der Waals surface area (Å²) in [5.74, 6) is -4.39. The maximum Gasteiger partial charge on any atom is 0.417 e. The van der Waals surface area contributed by atoms with E-state index in [9.17, 15) is 22.0 Å². The van der Waals surface area contributed by atoms with Gasteiger partial charge in [-0.1, -0.05) is 13.0 Å². The van der Waals surface area contributed by atoms with E-state index in [4.69, 9.17) is 9.47 Å². The number of hydrogen-bond donors (Lipinski definition) is 0. The third-order valence-electron chi connectivity index (χ3n) is 4.28. The molecule has 2 rings (SSSR count). The molecule has 1 aliphatic heterocycles. The first-order chi connectivity index (χ1) is 9.63. The molecule has 0 radical (unpaired) electrons. The molecule has 3 atom stereocenters. The fraction of sp³-hybridized carbons (Fsp3) is 0.571. The summed E-state index contributed by atoms with van der Waals surface area (Å²) in [5, 5.41) is 0. The molecule has 3 unspecified atom stereocenters. The molecule has 118 valence electrons.